The van der Waals surface area contributed by atoms with E-state index in [1.807, 2.05) is 18.2 Å². The SMILES string of the molecule is COCc1cccc(NC(=O)c2nccnc2N)c1. The van der Waals surface area contributed by atoms with Gasteiger partial charge in [0.25, 0.3) is 5.91 Å². The summed E-state index contributed by atoms with van der Waals surface area (Å²) < 4.78 is 5.04. The van der Waals surface area contributed by atoms with Crippen LogP contribution in [0.4, 0.5) is 11.5 Å². The normalized spacial score (nSPS) is 10.2. The molecule has 0 bridgehead atoms. The molecule has 19 heavy (non-hydrogen) atoms. The van der Waals surface area contributed by atoms with Gasteiger partial charge < -0.3 is 15.8 Å². The van der Waals surface area contributed by atoms with Crippen molar-refractivity contribution < 1.29 is 9.53 Å². The van der Waals surface area contributed by atoms with Gasteiger partial charge in [-0.3, -0.25) is 4.79 Å². The van der Waals surface area contributed by atoms with Gasteiger partial charge in [0.1, 0.15) is 0 Å². The van der Waals surface area contributed by atoms with Crippen LogP contribution < -0.4 is 11.1 Å². The van der Waals surface area contributed by atoms with E-state index in [0.717, 1.165) is 5.56 Å². The molecule has 0 atom stereocenters. The fourth-order valence-corrected chi connectivity index (χ4v) is 1.62. The number of nitrogens with zero attached hydrogens (tertiary/aromatic N) is 2. The molecule has 0 aliphatic carbocycles. The van der Waals surface area contributed by atoms with E-state index in [1.165, 1.54) is 12.4 Å². The summed E-state index contributed by atoms with van der Waals surface area (Å²) >= 11 is 0. The number of hydrogen-bond acceptors (Lipinski definition) is 5. The predicted molar refractivity (Wildman–Crippen MR) is 71.6 cm³/mol. The lowest BCUT2D eigenvalue weighted by molar-refractivity contribution is 0.102. The van der Waals surface area contributed by atoms with Gasteiger partial charge in [-0.25, -0.2) is 9.97 Å². The molecular weight excluding hydrogens is 244 g/mol. The molecule has 0 aliphatic heterocycles. The maximum Gasteiger partial charge on any atom is 0.278 e. The monoisotopic (exact) mass is 258 g/mol. The summed E-state index contributed by atoms with van der Waals surface area (Å²) in [7, 11) is 1.62. The largest absolute Gasteiger partial charge is 0.382 e. The number of nitrogen functional groups attached to an aromatic ring is 1. The second-order valence-corrected chi connectivity index (χ2v) is 3.88. The number of ether oxygens (including phenoxy) is 1. The van der Waals surface area contributed by atoms with E-state index in [0.29, 0.717) is 12.3 Å². The number of methoxy groups -OCH3 is 1. The number of hydrogen-bond donors (Lipinski definition) is 2. The molecule has 1 heterocycles. The van der Waals surface area contributed by atoms with Crippen LogP contribution in [0.15, 0.2) is 36.7 Å². The first-order valence-electron chi connectivity index (χ1n) is 5.66. The molecule has 0 radical (unpaired) electrons. The van der Waals surface area contributed by atoms with Crippen LogP contribution in [0.3, 0.4) is 0 Å². The van der Waals surface area contributed by atoms with Gasteiger partial charge in [-0.1, -0.05) is 12.1 Å². The molecule has 1 aromatic heterocycles. The molecule has 98 valence electrons. The summed E-state index contributed by atoms with van der Waals surface area (Å²) in [4.78, 5) is 19.7. The number of nitrogens with one attached hydrogen (secondary N) is 1. The van der Waals surface area contributed by atoms with E-state index in [-0.39, 0.29) is 17.4 Å². The van der Waals surface area contributed by atoms with Crippen molar-refractivity contribution in [3.05, 3.63) is 47.9 Å². The number of carbonyl (C=O) groups is 1. The Balaban J connectivity index is 2.15. The predicted octanol–water partition coefficient (Wildman–Crippen LogP) is 1.46. The van der Waals surface area contributed by atoms with Crippen LogP contribution in [-0.2, 0) is 11.3 Å². The number of anilines is 2. The zero-order chi connectivity index (χ0) is 13.7. The van der Waals surface area contributed by atoms with Gasteiger partial charge in [0.2, 0.25) is 0 Å². The number of aromatic nitrogens is 2. The summed E-state index contributed by atoms with van der Waals surface area (Å²) in [5, 5.41) is 2.72. The Hall–Kier alpha value is -2.47. The van der Waals surface area contributed by atoms with E-state index >= 15 is 0 Å². The van der Waals surface area contributed by atoms with Crippen LogP contribution in [0.5, 0.6) is 0 Å². The molecule has 3 N–H and O–H groups in total. The topological polar surface area (TPSA) is 90.1 Å². The third kappa shape index (κ3) is 3.26. The van der Waals surface area contributed by atoms with E-state index in [4.69, 9.17) is 10.5 Å². The van der Waals surface area contributed by atoms with Gasteiger partial charge in [-0.05, 0) is 17.7 Å². The second kappa shape index (κ2) is 5.92. The molecule has 1 amide bonds. The standard InChI is InChI=1S/C13H14N4O2/c1-19-8-9-3-2-4-10(7-9)17-13(18)11-12(14)16-6-5-15-11/h2-7H,8H2,1H3,(H2,14,16)(H,17,18). The lowest BCUT2D eigenvalue weighted by Gasteiger charge is -2.07. The molecule has 0 aliphatic rings. The van der Waals surface area contributed by atoms with E-state index < -0.39 is 0 Å². The van der Waals surface area contributed by atoms with Crippen molar-refractivity contribution in [2.75, 3.05) is 18.2 Å². The lowest BCUT2D eigenvalue weighted by Crippen LogP contribution is -2.16. The van der Waals surface area contributed by atoms with Gasteiger partial charge in [0.15, 0.2) is 11.5 Å². The second-order valence-electron chi connectivity index (χ2n) is 3.88. The van der Waals surface area contributed by atoms with Crippen molar-refractivity contribution in [2.45, 2.75) is 6.61 Å². The molecule has 0 spiro atoms. The third-order valence-corrected chi connectivity index (χ3v) is 2.44. The van der Waals surface area contributed by atoms with Gasteiger partial charge in [-0.2, -0.15) is 0 Å². The van der Waals surface area contributed by atoms with Gasteiger partial charge in [0, 0.05) is 25.2 Å². The molecule has 2 aromatic rings. The highest BCUT2D eigenvalue weighted by Gasteiger charge is 2.12. The first kappa shape index (κ1) is 13.0. The fourth-order valence-electron chi connectivity index (χ4n) is 1.62. The van der Waals surface area contributed by atoms with Crippen LogP contribution >= 0.6 is 0 Å². The fraction of sp³-hybridized carbons (Fsp3) is 0.154. The van der Waals surface area contributed by atoms with Crippen molar-refractivity contribution in [2.24, 2.45) is 0 Å². The number of carbonyl (C=O) groups excluding carboxylic acids is 1. The number of amides is 1. The van der Waals surface area contributed by atoms with E-state index in [2.05, 4.69) is 15.3 Å². The maximum atomic E-state index is 12.0. The van der Waals surface area contributed by atoms with Crippen LogP contribution in [0.2, 0.25) is 0 Å². The number of rotatable bonds is 4. The number of nitrogens with two attached hydrogens (primary N) is 1. The van der Waals surface area contributed by atoms with Crippen molar-refractivity contribution in [1.82, 2.24) is 9.97 Å². The van der Waals surface area contributed by atoms with Crippen LogP contribution in [-0.4, -0.2) is 23.0 Å². The Morgan fingerprint density at radius 1 is 1.37 bits per heavy atom. The first-order valence-corrected chi connectivity index (χ1v) is 5.66. The quantitative estimate of drug-likeness (QED) is 0.866. The Labute approximate surface area is 110 Å². The van der Waals surface area contributed by atoms with Crippen LogP contribution in [0.25, 0.3) is 0 Å². The molecule has 6 nitrogen and oxygen atoms in total. The van der Waals surface area contributed by atoms with Gasteiger partial charge in [-0.15, -0.1) is 0 Å². The molecule has 0 fully saturated rings. The van der Waals surface area contributed by atoms with Crippen molar-refractivity contribution in [3.8, 4) is 0 Å². The Morgan fingerprint density at radius 3 is 2.89 bits per heavy atom. The lowest BCUT2D eigenvalue weighted by atomic mass is 10.2. The van der Waals surface area contributed by atoms with Crippen molar-refractivity contribution in [3.63, 3.8) is 0 Å². The highest BCUT2D eigenvalue weighted by atomic mass is 16.5. The minimum absolute atomic E-state index is 0.105. The zero-order valence-electron chi connectivity index (χ0n) is 10.5. The Morgan fingerprint density at radius 2 is 2.16 bits per heavy atom. The molecule has 0 unspecified atom stereocenters. The molecule has 0 saturated heterocycles. The molecular formula is C13H14N4O2. The Kier molecular flexibility index (Phi) is 4.04. The maximum absolute atomic E-state index is 12.0. The summed E-state index contributed by atoms with van der Waals surface area (Å²) in [6.45, 7) is 0.483. The Bertz CT molecular complexity index is 586. The van der Waals surface area contributed by atoms with Crippen molar-refractivity contribution >= 4 is 17.4 Å². The number of benzene rings is 1. The van der Waals surface area contributed by atoms with Crippen LogP contribution in [0, 0.1) is 0 Å². The first-order chi connectivity index (χ1) is 9.20. The summed E-state index contributed by atoms with van der Waals surface area (Å²) in [5.74, 6) is -0.284. The summed E-state index contributed by atoms with van der Waals surface area (Å²) in [5.41, 5.74) is 7.33. The smallest absolute Gasteiger partial charge is 0.278 e. The highest BCUT2D eigenvalue weighted by Crippen LogP contribution is 2.13. The molecule has 0 saturated carbocycles. The summed E-state index contributed by atoms with van der Waals surface area (Å²) in [6, 6.07) is 7.36. The molecule has 6 heteroatoms. The molecule has 2 rings (SSSR count). The highest BCUT2D eigenvalue weighted by molar-refractivity contribution is 6.05. The zero-order valence-corrected chi connectivity index (χ0v) is 10.5. The van der Waals surface area contributed by atoms with Gasteiger partial charge in [0.05, 0.1) is 6.61 Å². The van der Waals surface area contributed by atoms with Crippen LogP contribution in [0.1, 0.15) is 16.1 Å². The third-order valence-electron chi connectivity index (χ3n) is 2.44. The average molecular weight is 258 g/mol. The minimum Gasteiger partial charge on any atom is -0.382 e. The molecule has 1 aromatic carbocycles. The van der Waals surface area contributed by atoms with E-state index in [9.17, 15) is 4.79 Å². The van der Waals surface area contributed by atoms with Crippen molar-refractivity contribution in [1.29, 1.82) is 0 Å². The average Bonchev–Trinajstić information content (AvgIpc) is 2.40. The summed E-state index contributed by atoms with van der Waals surface area (Å²) in [6.07, 6.45) is 2.86. The van der Waals surface area contributed by atoms with Gasteiger partial charge >= 0.3 is 0 Å². The minimum atomic E-state index is -0.389. The van der Waals surface area contributed by atoms with E-state index in [1.54, 1.807) is 13.2 Å².